The predicted molar refractivity (Wildman–Crippen MR) is 99.0 cm³/mol. The van der Waals surface area contributed by atoms with E-state index in [2.05, 4.69) is 10.6 Å². The molecule has 3 atom stereocenters. The highest BCUT2D eigenvalue weighted by Gasteiger charge is 2.46. The second-order valence-corrected chi connectivity index (χ2v) is 7.69. The van der Waals surface area contributed by atoms with Crippen LogP contribution in [0.3, 0.4) is 0 Å². The van der Waals surface area contributed by atoms with Crippen molar-refractivity contribution < 1.29 is 23.9 Å². The molecule has 27 heavy (non-hydrogen) atoms. The van der Waals surface area contributed by atoms with Gasteiger partial charge in [-0.1, -0.05) is 30.3 Å². The fourth-order valence-electron chi connectivity index (χ4n) is 2.90. The smallest absolute Gasteiger partial charge is 0.408 e. The maximum absolute atomic E-state index is 12.5. The van der Waals surface area contributed by atoms with Crippen molar-refractivity contribution in [2.75, 3.05) is 0 Å². The quantitative estimate of drug-likeness (QED) is 0.739. The molecule has 1 fully saturated rings. The van der Waals surface area contributed by atoms with Gasteiger partial charge in [0.25, 0.3) is 0 Å². The zero-order valence-corrected chi connectivity index (χ0v) is 16.1. The lowest BCUT2D eigenvalue weighted by Crippen LogP contribution is -2.46. The highest BCUT2D eigenvalue weighted by Crippen LogP contribution is 2.19. The fourth-order valence-corrected chi connectivity index (χ4v) is 2.90. The van der Waals surface area contributed by atoms with Gasteiger partial charge in [0, 0.05) is 0 Å². The maximum Gasteiger partial charge on any atom is 0.408 e. The van der Waals surface area contributed by atoms with E-state index in [1.165, 1.54) is 6.92 Å². The van der Waals surface area contributed by atoms with Crippen LogP contribution in [0.2, 0.25) is 0 Å². The van der Waals surface area contributed by atoms with E-state index in [9.17, 15) is 19.2 Å². The van der Waals surface area contributed by atoms with Crippen molar-refractivity contribution in [3.63, 3.8) is 0 Å². The molecule has 2 rings (SSSR count). The molecule has 1 aliphatic heterocycles. The van der Waals surface area contributed by atoms with Crippen LogP contribution in [0, 0.1) is 5.92 Å². The molecule has 1 heterocycles. The highest BCUT2D eigenvalue weighted by atomic mass is 16.6. The number of Topliss-reactive ketones (excluding diaryl/α,β-unsaturated/α-hetero) is 2. The standard InChI is InChI=1S/C20H26N2O5/c1-12(21-19(26)27-20(2,3)4)16(23)15-17(24)14(22-18(15)25)11-10-13-8-6-5-7-9-13/h5-9,12,14-15H,10-11H2,1-4H3,(H,21,26)(H,22,25). The average Bonchev–Trinajstić information content (AvgIpc) is 2.85. The zero-order valence-electron chi connectivity index (χ0n) is 16.1. The minimum absolute atomic E-state index is 0.423. The number of aryl methyl sites for hydroxylation is 1. The number of rotatable bonds is 6. The van der Waals surface area contributed by atoms with Gasteiger partial charge >= 0.3 is 6.09 Å². The summed E-state index contributed by atoms with van der Waals surface area (Å²) in [6.45, 7) is 6.53. The molecule has 0 aliphatic carbocycles. The van der Waals surface area contributed by atoms with E-state index in [4.69, 9.17) is 4.74 Å². The fraction of sp³-hybridized carbons (Fsp3) is 0.500. The molecule has 0 bridgehead atoms. The molecule has 0 saturated carbocycles. The number of amides is 2. The predicted octanol–water partition coefficient (Wildman–Crippen LogP) is 1.79. The Morgan fingerprint density at radius 3 is 2.41 bits per heavy atom. The number of nitrogens with one attached hydrogen (secondary N) is 2. The van der Waals surface area contributed by atoms with E-state index in [1.807, 2.05) is 30.3 Å². The molecule has 146 valence electrons. The van der Waals surface area contributed by atoms with Gasteiger partial charge in [0.2, 0.25) is 5.91 Å². The van der Waals surface area contributed by atoms with Crippen LogP contribution in [0.5, 0.6) is 0 Å². The molecular weight excluding hydrogens is 348 g/mol. The number of carbonyl (C=O) groups is 4. The lowest BCUT2D eigenvalue weighted by atomic mass is 9.92. The Bertz CT molecular complexity index is 724. The Morgan fingerprint density at radius 2 is 1.81 bits per heavy atom. The van der Waals surface area contributed by atoms with E-state index in [0.29, 0.717) is 12.8 Å². The first-order valence-corrected chi connectivity index (χ1v) is 9.00. The van der Waals surface area contributed by atoms with Crippen LogP contribution in [-0.4, -0.2) is 41.3 Å². The maximum atomic E-state index is 12.5. The third kappa shape index (κ3) is 5.64. The van der Waals surface area contributed by atoms with E-state index >= 15 is 0 Å². The lowest BCUT2D eigenvalue weighted by molar-refractivity contribution is -0.137. The van der Waals surface area contributed by atoms with Gasteiger partial charge in [0.05, 0.1) is 12.1 Å². The van der Waals surface area contributed by atoms with Gasteiger partial charge in [-0.3, -0.25) is 14.4 Å². The first-order valence-electron chi connectivity index (χ1n) is 9.00. The monoisotopic (exact) mass is 374 g/mol. The van der Waals surface area contributed by atoms with Crippen LogP contribution in [0.4, 0.5) is 4.79 Å². The molecule has 0 spiro atoms. The Hall–Kier alpha value is -2.70. The van der Waals surface area contributed by atoms with Crippen LogP contribution < -0.4 is 10.6 Å². The van der Waals surface area contributed by atoms with E-state index in [1.54, 1.807) is 20.8 Å². The van der Waals surface area contributed by atoms with E-state index in [0.717, 1.165) is 5.56 Å². The van der Waals surface area contributed by atoms with Crippen LogP contribution in [0.1, 0.15) is 39.7 Å². The van der Waals surface area contributed by atoms with Crippen molar-refractivity contribution in [3.8, 4) is 0 Å². The highest BCUT2D eigenvalue weighted by molar-refractivity contribution is 6.25. The van der Waals surface area contributed by atoms with Crippen molar-refractivity contribution in [2.24, 2.45) is 5.92 Å². The Kier molecular flexibility index (Phi) is 6.36. The molecule has 1 aliphatic rings. The molecule has 2 N–H and O–H groups in total. The number of benzene rings is 1. The number of hydrogen-bond donors (Lipinski definition) is 2. The number of alkyl carbamates (subject to hydrolysis) is 1. The van der Waals surface area contributed by atoms with Gasteiger partial charge in [-0.05, 0) is 46.1 Å². The van der Waals surface area contributed by atoms with Gasteiger partial charge in [-0.25, -0.2) is 4.79 Å². The molecule has 7 nitrogen and oxygen atoms in total. The second kappa shape index (κ2) is 8.33. The molecule has 1 aromatic carbocycles. The van der Waals surface area contributed by atoms with Gasteiger partial charge in [-0.2, -0.15) is 0 Å². The largest absolute Gasteiger partial charge is 0.444 e. The normalized spacial score (nSPS) is 20.7. The van der Waals surface area contributed by atoms with Crippen LogP contribution in [-0.2, 0) is 25.5 Å². The minimum atomic E-state index is -1.39. The van der Waals surface area contributed by atoms with Crippen molar-refractivity contribution in [1.82, 2.24) is 10.6 Å². The van der Waals surface area contributed by atoms with Gasteiger partial charge in [0.1, 0.15) is 5.60 Å². The first-order chi connectivity index (χ1) is 12.6. The van der Waals surface area contributed by atoms with Gasteiger partial charge in [-0.15, -0.1) is 0 Å². The summed E-state index contributed by atoms with van der Waals surface area (Å²) in [5.41, 5.74) is 0.338. The van der Waals surface area contributed by atoms with Crippen LogP contribution >= 0.6 is 0 Å². The third-order valence-corrected chi connectivity index (χ3v) is 4.22. The van der Waals surface area contributed by atoms with Crippen molar-refractivity contribution in [1.29, 1.82) is 0 Å². The molecule has 7 heteroatoms. The SMILES string of the molecule is CC(NC(=O)OC(C)(C)C)C(=O)C1C(=O)NC(CCc2ccccc2)C1=O. The Labute approximate surface area is 158 Å². The molecule has 2 amide bonds. The molecule has 0 radical (unpaired) electrons. The zero-order chi connectivity index (χ0) is 20.2. The van der Waals surface area contributed by atoms with E-state index in [-0.39, 0.29) is 0 Å². The van der Waals surface area contributed by atoms with Gasteiger partial charge < -0.3 is 15.4 Å². The molecule has 3 unspecified atom stereocenters. The van der Waals surface area contributed by atoms with Crippen LogP contribution in [0.15, 0.2) is 30.3 Å². The topological polar surface area (TPSA) is 102 Å². The summed E-state index contributed by atoms with van der Waals surface area (Å²) < 4.78 is 5.10. The number of hydrogen-bond acceptors (Lipinski definition) is 5. The summed E-state index contributed by atoms with van der Waals surface area (Å²) in [6.07, 6.45) is 0.269. The third-order valence-electron chi connectivity index (χ3n) is 4.22. The minimum Gasteiger partial charge on any atom is -0.444 e. The Morgan fingerprint density at radius 1 is 1.19 bits per heavy atom. The van der Waals surface area contributed by atoms with Crippen molar-refractivity contribution in [3.05, 3.63) is 35.9 Å². The molecule has 1 aromatic rings. The van der Waals surface area contributed by atoms with Crippen molar-refractivity contribution in [2.45, 2.75) is 58.2 Å². The first kappa shape index (κ1) is 20.6. The van der Waals surface area contributed by atoms with E-state index < -0.39 is 47.2 Å². The average molecular weight is 374 g/mol. The lowest BCUT2D eigenvalue weighted by Gasteiger charge is -2.22. The number of ether oxygens (including phenoxy) is 1. The van der Waals surface area contributed by atoms with Crippen molar-refractivity contribution >= 4 is 23.6 Å². The summed E-state index contributed by atoms with van der Waals surface area (Å²) in [6, 6.07) is 7.89. The number of ketones is 2. The summed E-state index contributed by atoms with van der Waals surface area (Å²) in [4.78, 5) is 49.1. The van der Waals surface area contributed by atoms with Gasteiger partial charge in [0.15, 0.2) is 17.5 Å². The number of carbonyl (C=O) groups excluding carboxylic acids is 4. The molecular formula is C20H26N2O5. The summed E-state index contributed by atoms with van der Waals surface area (Å²) >= 11 is 0. The Balaban J connectivity index is 1.94. The molecule has 1 saturated heterocycles. The second-order valence-electron chi connectivity index (χ2n) is 7.69. The summed E-state index contributed by atoms with van der Waals surface area (Å²) in [5.74, 6) is -3.08. The van der Waals surface area contributed by atoms with Crippen LogP contribution in [0.25, 0.3) is 0 Å². The molecule has 0 aromatic heterocycles. The summed E-state index contributed by atoms with van der Waals surface area (Å²) in [5, 5.41) is 4.98. The summed E-state index contributed by atoms with van der Waals surface area (Å²) in [7, 11) is 0.